The van der Waals surface area contributed by atoms with Crippen molar-refractivity contribution in [3.05, 3.63) is 56.7 Å². The first-order valence-corrected chi connectivity index (χ1v) is 11.6. The van der Waals surface area contributed by atoms with Crippen LogP contribution in [0.1, 0.15) is 16.1 Å². The fourth-order valence-corrected chi connectivity index (χ4v) is 4.60. The second-order valence-corrected chi connectivity index (χ2v) is 9.29. The molecule has 0 saturated carbocycles. The molecule has 0 aliphatic heterocycles. The van der Waals surface area contributed by atoms with E-state index in [1.165, 1.54) is 17.4 Å². The molecule has 5 N–H and O–H groups in total. The number of nitrogens with zero attached hydrogens (tertiary/aromatic N) is 2. The zero-order valence-electron chi connectivity index (χ0n) is 16.4. The summed E-state index contributed by atoms with van der Waals surface area (Å²) in [6.45, 7) is 1.99. The Bertz CT molecular complexity index is 1400. The summed E-state index contributed by atoms with van der Waals surface area (Å²) < 4.78 is 6.49. The molecular formula is C19H15BrN6O4S2. The van der Waals surface area contributed by atoms with E-state index in [9.17, 15) is 14.4 Å². The Labute approximate surface area is 197 Å². The number of amides is 2. The van der Waals surface area contributed by atoms with Gasteiger partial charge in [0, 0.05) is 0 Å². The number of thioether (sulfide) groups is 1. The van der Waals surface area contributed by atoms with Gasteiger partial charge in [-0.1, -0.05) is 29.2 Å². The van der Waals surface area contributed by atoms with Gasteiger partial charge in [-0.25, -0.2) is 9.97 Å². The predicted octanol–water partition coefficient (Wildman–Crippen LogP) is 3.61. The molecule has 32 heavy (non-hydrogen) atoms. The van der Waals surface area contributed by atoms with Gasteiger partial charge in [-0.15, -0.1) is 0 Å². The molecule has 0 aliphatic carbocycles. The average molecular weight is 535 g/mol. The largest absolute Gasteiger partial charge is 0.444 e. The minimum atomic E-state index is -0.652. The molecule has 0 aliphatic rings. The highest BCUT2D eigenvalue weighted by Crippen LogP contribution is 2.27. The van der Waals surface area contributed by atoms with Crippen LogP contribution in [0, 0.1) is 6.92 Å². The molecule has 0 bridgehead atoms. The van der Waals surface area contributed by atoms with Gasteiger partial charge in [-0.3, -0.25) is 19.4 Å². The number of nitrogens with two attached hydrogens (primary N) is 1. The first-order valence-electron chi connectivity index (χ1n) is 9.05. The molecule has 164 valence electrons. The molecule has 4 aromatic rings. The summed E-state index contributed by atoms with van der Waals surface area (Å²) >= 11 is 5.47. The fraction of sp³-hybridized carbons (Fsp3) is 0.105. The molecule has 0 radical (unpaired) electrons. The maximum Gasteiger partial charge on any atom is 0.291 e. The normalized spacial score (nSPS) is 10.9. The summed E-state index contributed by atoms with van der Waals surface area (Å²) in [5, 5.41) is 5.73. The number of aryl methyl sites for hydroxylation is 1. The second-order valence-electron chi connectivity index (χ2n) is 6.52. The summed E-state index contributed by atoms with van der Waals surface area (Å²) in [4.78, 5) is 47.7. The van der Waals surface area contributed by atoms with E-state index in [2.05, 4.69) is 41.5 Å². The number of aromatic nitrogens is 3. The summed E-state index contributed by atoms with van der Waals surface area (Å²) in [6, 6.07) is 8.83. The van der Waals surface area contributed by atoms with Crippen LogP contribution in [-0.2, 0) is 4.79 Å². The van der Waals surface area contributed by atoms with Gasteiger partial charge in [0.05, 0.1) is 16.0 Å². The summed E-state index contributed by atoms with van der Waals surface area (Å²) in [5.74, 6) is -1.18. The minimum absolute atomic E-state index is 0.00388. The first-order chi connectivity index (χ1) is 15.3. The number of carbonyl (C=O) groups is 2. The quantitative estimate of drug-likeness (QED) is 0.216. The third-order valence-corrected chi connectivity index (χ3v) is 6.32. The van der Waals surface area contributed by atoms with Gasteiger partial charge in [0.15, 0.2) is 32.2 Å². The number of benzene rings is 1. The number of hydrogen-bond donors (Lipinski definition) is 4. The van der Waals surface area contributed by atoms with Gasteiger partial charge in [-0.05, 0) is 52.7 Å². The van der Waals surface area contributed by atoms with Crippen LogP contribution in [0.5, 0.6) is 0 Å². The summed E-state index contributed by atoms with van der Waals surface area (Å²) in [6.07, 6.45) is 0. The summed E-state index contributed by atoms with van der Waals surface area (Å²) in [5.41, 5.74) is 6.89. The van der Waals surface area contributed by atoms with E-state index in [0.29, 0.717) is 9.80 Å². The van der Waals surface area contributed by atoms with Crippen LogP contribution in [0.25, 0.3) is 10.2 Å². The third-order valence-electron chi connectivity index (χ3n) is 4.09. The van der Waals surface area contributed by atoms with Crippen molar-refractivity contribution in [2.45, 2.75) is 12.1 Å². The van der Waals surface area contributed by atoms with E-state index in [0.717, 1.165) is 27.5 Å². The molecule has 3 heterocycles. The highest BCUT2D eigenvalue weighted by Gasteiger charge is 2.17. The molecule has 0 spiro atoms. The first kappa shape index (κ1) is 22.0. The summed E-state index contributed by atoms with van der Waals surface area (Å²) in [7, 11) is 0. The number of furan rings is 1. The van der Waals surface area contributed by atoms with Crippen LogP contribution in [0.2, 0.25) is 0 Å². The van der Waals surface area contributed by atoms with Crippen molar-refractivity contribution in [2.75, 3.05) is 22.1 Å². The van der Waals surface area contributed by atoms with E-state index in [-0.39, 0.29) is 34.1 Å². The van der Waals surface area contributed by atoms with Crippen molar-refractivity contribution >= 4 is 77.7 Å². The number of hydrogen-bond acceptors (Lipinski definition) is 9. The molecule has 0 saturated heterocycles. The Balaban J connectivity index is 1.39. The van der Waals surface area contributed by atoms with Crippen molar-refractivity contribution in [2.24, 2.45) is 0 Å². The molecule has 3 aromatic heterocycles. The standard InChI is InChI=1S/C19H15BrN6O4S2/c1-8-2-3-9-11(6-8)32-19(22-9)23-13(27)7-31-18-25-15(21)14(17(29)26-18)24-16(28)10-4-5-12(20)30-10/h2-6H,7H2,1H3,(H,24,28)(H,22,23,27)(H3,21,25,26,29). The lowest BCUT2D eigenvalue weighted by molar-refractivity contribution is -0.113. The van der Waals surface area contributed by atoms with Crippen molar-refractivity contribution in [1.29, 1.82) is 0 Å². The van der Waals surface area contributed by atoms with Gasteiger partial charge in [0.1, 0.15) is 0 Å². The van der Waals surface area contributed by atoms with Gasteiger partial charge in [-0.2, -0.15) is 0 Å². The van der Waals surface area contributed by atoms with Crippen LogP contribution in [0.15, 0.2) is 49.4 Å². The van der Waals surface area contributed by atoms with Crippen molar-refractivity contribution in [3.63, 3.8) is 0 Å². The van der Waals surface area contributed by atoms with E-state index in [4.69, 9.17) is 10.2 Å². The number of rotatable bonds is 6. The van der Waals surface area contributed by atoms with Gasteiger partial charge in [0.25, 0.3) is 11.5 Å². The highest BCUT2D eigenvalue weighted by molar-refractivity contribution is 9.10. The van der Waals surface area contributed by atoms with E-state index >= 15 is 0 Å². The van der Waals surface area contributed by atoms with E-state index in [1.54, 1.807) is 6.07 Å². The third kappa shape index (κ3) is 5.00. The zero-order valence-corrected chi connectivity index (χ0v) is 19.6. The number of carbonyl (C=O) groups excluding carboxylic acids is 2. The second kappa shape index (κ2) is 9.14. The van der Waals surface area contributed by atoms with Crippen molar-refractivity contribution < 1.29 is 14.0 Å². The number of aromatic amines is 1. The number of nitrogens with one attached hydrogen (secondary N) is 3. The molecule has 13 heteroatoms. The lowest BCUT2D eigenvalue weighted by Crippen LogP contribution is -2.23. The van der Waals surface area contributed by atoms with Gasteiger partial charge >= 0.3 is 0 Å². The molecule has 0 unspecified atom stereocenters. The molecular weight excluding hydrogens is 520 g/mol. The maximum atomic E-state index is 12.3. The molecule has 0 fully saturated rings. The predicted molar refractivity (Wildman–Crippen MR) is 127 cm³/mol. The SMILES string of the molecule is Cc1ccc2nc(NC(=O)CSc3nc(N)c(NC(=O)c4ccc(Br)o4)c(=O)[nH]3)sc2c1. The Morgan fingerprint density at radius 1 is 1.25 bits per heavy atom. The van der Waals surface area contributed by atoms with Gasteiger partial charge < -0.3 is 20.8 Å². The monoisotopic (exact) mass is 534 g/mol. The molecule has 0 atom stereocenters. The van der Waals surface area contributed by atoms with E-state index < -0.39 is 11.5 Å². The van der Waals surface area contributed by atoms with Crippen molar-refractivity contribution in [1.82, 2.24) is 15.0 Å². The van der Waals surface area contributed by atoms with Crippen molar-refractivity contribution in [3.8, 4) is 0 Å². The Morgan fingerprint density at radius 2 is 2.06 bits per heavy atom. The molecule has 4 rings (SSSR count). The topological polar surface area (TPSA) is 156 Å². The Kier molecular flexibility index (Phi) is 6.30. The number of nitrogen functional groups attached to an aromatic ring is 1. The lowest BCUT2D eigenvalue weighted by atomic mass is 10.2. The van der Waals surface area contributed by atoms with Crippen LogP contribution in [-0.4, -0.2) is 32.5 Å². The molecule has 2 amide bonds. The van der Waals surface area contributed by atoms with Crippen LogP contribution in [0.4, 0.5) is 16.6 Å². The number of H-pyrrole nitrogens is 1. The van der Waals surface area contributed by atoms with Gasteiger partial charge in [0.2, 0.25) is 5.91 Å². The highest BCUT2D eigenvalue weighted by atomic mass is 79.9. The number of thiazole rings is 1. The fourth-order valence-electron chi connectivity index (χ4n) is 2.64. The van der Waals surface area contributed by atoms with E-state index in [1.807, 2.05) is 25.1 Å². The number of halogens is 1. The average Bonchev–Trinajstić information content (AvgIpc) is 3.34. The molecule has 1 aromatic carbocycles. The number of fused-ring (bicyclic) bond motifs is 1. The minimum Gasteiger partial charge on any atom is -0.444 e. The number of anilines is 3. The maximum absolute atomic E-state index is 12.3. The zero-order chi connectivity index (χ0) is 22.8. The van der Waals surface area contributed by atoms with Crippen LogP contribution >= 0.6 is 39.0 Å². The molecule has 10 nitrogen and oxygen atoms in total. The van der Waals surface area contributed by atoms with Crippen LogP contribution in [0.3, 0.4) is 0 Å². The Morgan fingerprint density at radius 3 is 2.78 bits per heavy atom. The van der Waals surface area contributed by atoms with Crippen LogP contribution < -0.4 is 21.9 Å². The smallest absolute Gasteiger partial charge is 0.291 e. The Hall–Kier alpha value is -3.16. The lowest BCUT2D eigenvalue weighted by Gasteiger charge is -2.07.